The highest BCUT2D eigenvalue weighted by molar-refractivity contribution is 6.35. The summed E-state index contributed by atoms with van der Waals surface area (Å²) in [5, 5.41) is 4.54. The molecule has 5 heterocycles. The number of hydrogen-bond donors (Lipinski definition) is 1. The molecule has 0 spiro atoms. The lowest BCUT2D eigenvalue weighted by Gasteiger charge is -2.49. The molecule has 2 unspecified atom stereocenters. The highest BCUT2D eigenvalue weighted by atomic mass is 35.5. The number of piperidine rings is 1. The van der Waals surface area contributed by atoms with Crippen LogP contribution in [0.25, 0.3) is 16.6 Å². The van der Waals surface area contributed by atoms with Gasteiger partial charge in [0.15, 0.2) is 0 Å². The van der Waals surface area contributed by atoms with Crippen molar-refractivity contribution in [2.24, 2.45) is 0 Å². The van der Waals surface area contributed by atoms with Gasteiger partial charge in [-0.2, -0.15) is 4.98 Å². The molecule has 1 N–H and O–H groups in total. The van der Waals surface area contributed by atoms with Gasteiger partial charge in [0, 0.05) is 30.9 Å². The smallest absolute Gasteiger partial charge is 0.282 e. The number of piperazine rings is 1. The van der Waals surface area contributed by atoms with Crippen LogP contribution >= 0.6 is 11.6 Å². The van der Waals surface area contributed by atoms with E-state index < -0.39 is 0 Å². The Morgan fingerprint density at radius 3 is 2.53 bits per heavy atom. The summed E-state index contributed by atoms with van der Waals surface area (Å²) in [7, 11) is 0. The van der Waals surface area contributed by atoms with Gasteiger partial charge in [0.25, 0.3) is 5.56 Å². The van der Waals surface area contributed by atoms with Gasteiger partial charge in [-0.25, -0.2) is 0 Å². The van der Waals surface area contributed by atoms with Crippen LogP contribution in [0.1, 0.15) is 45.5 Å². The van der Waals surface area contributed by atoms with E-state index in [2.05, 4.69) is 51.8 Å². The van der Waals surface area contributed by atoms with Crippen molar-refractivity contribution in [3.63, 3.8) is 0 Å². The summed E-state index contributed by atoms with van der Waals surface area (Å²) in [5.41, 5.74) is 3.76. The molecule has 30 heavy (non-hydrogen) atoms. The SMILES string of the molecule is CC.CC1(C)c2ccc(N3CC4CC(C3)N4)cc2-n2c1nc(=O)c1c(Cl)cccc12. The van der Waals surface area contributed by atoms with Gasteiger partial charge in [0.2, 0.25) is 0 Å². The van der Waals surface area contributed by atoms with Gasteiger partial charge in [-0.1, -0.05) is 37.6 Å². The van der Waals surface area contributed by atoms with E-state index in [1.807, 2.05) is 26.0 Å². The summed E-state index contributed by atoms with van der Waals surface area (Å²) in [6.45, 7) is 10.3. The topological polar surface area (TPSA) is 50.2 Å². The van der Waals surface area contributed by atoms with Crippen LogP contribution in [-0.2, 0) is 5.41 Å². The molecule has 4 aliphatic rings. The minimum atomic E-state index is -0.338. The fourth-order valence-electron chi connectivity index (χ4n) is 5.17. The van der Waals surface area contributed by atoms with Gasteiger partial charge < -0.3 is 10.2 Å². The van der Waals surface area contributed by atoms with Crippen molar-refractivity contribution in [1.29, 1.82) is 0 Å². The van der Waals surface area contributed by atoms with Crippen LogP contribution in [-0.4, -0.2) is 34.7 Å². The maximum Gasteiger partial charge on any atom is 0.282 e. The Balaban J connectivity index is 0.000000937. The lowest BCUT2D eigenvalue weighted by molar-refractivity contribution is 0.226. The summed E-state index contributed by atoms with van der Waals surface area (Å²) in [4.78, 5) is 19.7. The minimum absolute atomic E-state index is 0.254. The second kappa shape index (κ2) is 6.82. The highest BCUT2D eigenvalue weighted by Gasteiger charge is 2.40. The number of hydrogen-bond acceptors (Lipinski definition) is 4. The average Bonchev–Trinajstić information content (AvgIpc) is 2.96. The molecule has 4 aliphatic heterocycles. The molecular weight excluding hydrogens is 396 g/mol. The number of nitrogens with zero attached hydrogens (tertiary/aromatic N) is 3. The van der Waals surface area contributed by atoms with Crippen LogP contribution in [0.5, 0.6) is 0 Å². The molecule has 2 atom stereocenters. The van der Waals surface area contributed by atoms with E-state index in [-0.39, 0.29) is 11.0 Å². The first-order valence-electron chi connectivity index (χ1n) is 10.8. The molecule has 0 radical (unpaired) electrons. The fraction of sp³-hybridized carbons (Fsp3) is 0.417. The molecule has 0 saturated carbocycles. The van der Waals surface area contributed by atoms with E-state index in [1.165, 1.54) is 17.7 Å². The van der Waals surface area contributed by atoms with Gasteiger partial charge in [-0.3, -0.25) is 9.36 Å². The van der Waals surface area contributed by atoms with Crippen molar-refractivity contribution < 1.29 is 0 Å². The second-order valence-corrected chi connectivity index (χ2v) is 9.14. The van der Waals surface area contributed by atoms with Crippen molar-refractivity contribution in [3.8, 4) is 5.69 Å². The molecule has 0 amide bonds. The molecule has 156 valence electrons. The summed E-state index contributed by atoms with van der Waals surface area (Å²) >= 11 is 6.37. The third kappa shape index (κ3) is 2.65. The largest absolute Gasteiger partial charge is 0.368 e. The standard InChI is InChI=1S/C22H21ClN4O.C2H6/c1-22(2)15-7-6-14(26-10-12-8-13(11-26)24-12)9-18(15)27-17-5-3-4-16(23)19(17)20(28)25-21(22)27;1-2/h3-7,9,12-13,24H,8,10-11H2,1-2H3;1-2H3. The van der Waals surface area contributed by atoms with Crippen molar-refractivity contribution in [3.05, 3.63) is 63.2 Å². The van der Waals surface area contributed by atoms with E-state index in [9.17, 15) is 4.79 Å². The van der Waals surface area contributed by atoms with Crippen molar-refractivity contribution >= 4 is 28.2 Å². The number of rotatable bonds is 1. The van der Waals surface area contributed by atoms with Gasteiger partial charge >= 0.3 is 0 Å². The molecule has 6 heteroatoms. The zero-order valence-corrected chi connectivity index (χ0v) is 18.6. The monoisotopic (exact) mass is 422 g/mol. The van der Waals surface area contributed by atoms with Gasteiger partial charge in [0.1, 0.15) is 5.82 Å². The Bertz CT molecular complexity index is 1200. The first kappa shape index (κ1) is 19.6. The first-order chi connectivity index (χ1) is 14.4. The van der Waals surface area contributed by atoms with Crippen molar-refractivity contribution in [2.75, 3.05) is 18.0 Å². The fourth-order valence-corrected chi connectivity index (χ4v) is 5.42. The molecule has 5 nitrogen and oxygen atoms in total. The third-order valence-corrected chi connectivity index (χ3v) is 6.92. The average molecular weight is 423 g/mol. The molecule has 2 bridgehead atoms. The number of anilines is 1. The van der Waals surface area contributed by atoms with Crippen molar-refractivity contribution in [1.82, 2.24) is 14.9 Å². The lowest BCUT2D eigenvalue weighted by Crippen LogP contribution is -2.67. The first-order valence-corrected chi connectivity index (χ1v) is 11.2. The molecule has 2 aromatic carbocycles. The predicted octanol–water partition coefficient (Wildman–Crippen LogP) is 4.26. The number of nitrogens with one attached hydrogen (secondary N) is 1. The third-order valence-electron chi connectivity index (χ3n) is 6.61. The molecule has 0 aliphatic carbocycles. The molecular formula is C24H27ClN4O. The van der Waals surface area contributed by atoms with Crippen LogP contribution in [0, 0.1) is 0 Å². The maximum absolute atomic E-state index is 12.7. The molecule has 3 saturated heterocycles. The van der Waals surface area contributed by atoms with Crippen LogP contribution < -0.4 is 15.8 Å². The highest BCUT2D eigenvalue weighted by Crippen LogP contribution is 2.44. The van der Waals surface area contributed by atoms with Crippen LogP contribution in [0.15, 0.2) is 41.2 Å². The van der Waals surface area contributed by atoms with E-state index in [4.69, 9.17) is 11.6 Å². The van der Waals surface area contributed by atoms with Gasteiger partial charge in [0.05, 0.1) is 27.0 Å². The van der Waals surface area contributed by atoms with E-state index >= 15 is 0 Å². The van der Waals surface area contributed by atoms with E-state index in [0.29, 0.717) is 22.5 Å². The summed E-state index contributed by atoms with van der Waals surface area (Å²) in [5.74, 6) is 0.780. The van der Waals surface area contributed by atoms with Crippen LogP contribution in [0.4, 0.5) is 5.69 Å². The van der Waals surface area contributed by atoms with Gasteiger partial charge in [-0.05, 0) is 50.1 Å². The lowest BCUT2D eigenvalue weighted by atomic mass is 9.85. The molecule has 3 aromatic rings. The van der Waals surface area contributed by atoms with E-state index in [0.717, 1.165) is 30.1 Å². The Hall–Kier alpha value is -2.37. The molecule has 3 fully saturated rings. The Morgan fingerprint density at radius 1 is 1.13 bits per heavy atom. The maximum atomic E-state index is 12.7. The van der Waals surface area contributed by atoms with Crippen LogP contribution in [0.2, 0.25) is 5.02 Å². The molecule has 7 rings (SSSR count). The normalized spacial score (nSPS) is 22.6. The summed E-state index contributed by atoms with van der Waals surface area (Å²) in [6.07, 6.45) is 1.28. The summed E-state index contributed by atoms with van der Waals surface area (Å²) < 4.78 is 2.13. The van der Waals surface area contributed by atoms with Crippen molar-refractivity contribution in [2.45, 2.75) is 51.6 Å². The minimum Gasteiger partial charge on any atom is -0.368 e. The Morgan fingerprint density at radius 2 is 1.83 bits per heavy atom. The Labute approximate surface area is 181 Å². The predicted molar refractivity (Wildman–Crippen MR) is 123 cm³/mol. The Kier molecular flexibility index (Phi) is 4.46. The zero-order valence-electron chi connectivity index (χ0n) is 17.9. The second-order valence-electron chi connectivity index (χ2n) is 8.74. The molecule has 1 aromatic heterocycles. The quantitative estimate of drug-likeness (QED) is 0.636. The summed E-state index contributed by atoms with van der Waals surface area (Å²) in [6, 6.07) is 13.5. The zero-order chi connectivity index (χ0) is 21.2. The number of halogens is 1. The van der Waals surface area contributed by atoms with Crippen LogP contribution in [0.3, 0.4) is 0 Å². The number of benzene rings is 2. The number of aromatic nitrogens is 2. The van der Waals surface area contributed by atoms with Gasteiger partial charge in [-0.15, -0.1) is 0 Å². The number of fused-ring (bicyclic) bond motifs is 7. The van der Waals surface area contributed by atoms with E-state index in [1.54, 1.807) is 6.07 Å².